The maximum Gasteiger partial charge on any atom is 0.136 e. The van der Waals surface area contributed by atoms with E-state index in [1.807, 2.05) is 24.5 Å². The van der Waals surface area contributed by atoms with Crippen molar-refractivity contribution >= 4 is 76.3 Å². The molecule has 228 valence electrons. The summed E-state index contributed by atoms with van der Waals surface area (Å²) < 4.78 is 11.0. The van der Waals surface area contributed by atoms with Crippen molar-refractivity contribution in [1.82, 2.24) is 14.1 Å². The lowest BCUT2D eigenvalue weighted by atomic mass is 9.99. The zero-order valence-electron chi connectivity index (χ0n) is 26.3. The first-order valence-electron chi connectivity index (χ1n) is 16.6. The molecule has 0 aliphatic carbocycles. The second-order valence-electron chi connectivity index (χ2n) is 12.8. The number of furan rings is 1. The van der Waals surface area contributed by atoms with E-state index in [-0.39, 0.29) is 0 Å². The van der Waals surface area contributed by atoms with E-state index in [0.29, 0.717) is 0 Å². The zero-order valence-corrected chi connectivity index (χ0v) is 26.3. The summed E-state index contributed by atoms with van der Waals surface area (Å²) in [4.78, 5) is 4.30. The first-order chi connectivity index (χ1) is 24.3. The van der Waals surface area contributed by atoms with Crippen molar-refractivity contribution in [3.8, 4) is 22.5 Å². The Kier molecular flexibility index (Phi) is 5.35. The van der Waals surface area contributed by atoms with E-state index in [4.69, 9.17) is 4.42 Å². The highest BCUT2D eigenvalue weighted by molar-refractivity contribution is 6.20. The Bertz CT molecular complexity index is 3090. The maximum absolute atomic E-state index is 6.22. The molecule has 0 aliphatic heterocycles. The Hall–Kier alpha value is -6.65. The van der Waals surface area contributed by atoms with Gasteiger partial charge in [0.25, 0.3) is 0 Å². The molecular weight excluding hydrogens is 599 g/mol. The molecule has 4 heteroatoms. The van der Waals surface area contributed by atoms with Gasteiger partial charge in [0.2, 0.25) is 0 Å². The molecule has 0 aliphatic rings. The summed E-state index contributed by atoms with van der Waals surface area (Å²) in [6.07, 6.45) is 3.73. The number of rotatable bonds is 3. The van der Waals surface area contributed by atoms with Crippen LogP contribution in [0, 0.1) is 0 Å². The molecule has 11 aromatic rings. The Morgan fingerprint density at radius 2 is 1.00 bits per heavy atom. The molecule has 0 N–H and O–H groups in total. The second-order valence-corrected chi connectivity index (χ2v) is 12.8. The number of hydrogen-bond donors (Lipinski definition) is 0. The van der Waals surface area contributed by atoms with Crippen LogP contribution in [0.15, 0.2) is 168 Å². The topological polar surface area (TPSA) is 35.9 Å². The van der Waals surface area contributed by atoms with Crippen molar-refractivity contribution in [1.29, 1.82) is 0 Å². The van der Waals surface area contributed by atoms with Crippen LogP contribution >= 0.6 is 0 Å². The van der Waals surface area contributed by atoms with Gasteiger partial charge in [-0.1, -0.05) is 84.9 Å². The van der Waals surface area contributed by atoms with E-state index in [1.54, 1.807) is 0 Å². The second kappa shape index (κ2) is 9.93. The van der Waals surface area contributed by atoms with E-state index < -0.39 is 0 Å². The van der Waals surface area contributed by atoms with Gasteiger partial charge in [-0.25, -0.2) is 0 Å². The summed E-state index contributed by atoms with van der Waals surface area (Å²) in [5, 5.41) is 9.68. The van der Waals surface area contributed by atoms with Crippen molar-refractivity contribution in [2.75, 3.05) is 0 Å². The Balaban J connectivity index is 1.20. The molecule has 4 aromatic heterocycles. The van der Waals surface area contributed by atoms with Crippen molar-refractivity contribution in [2.45, 2.75) is 0 Å². The third kappa shape index (κ3) is 3.77. The van der Waals surface area contributed by atoms with Crippen molar-refractivity contribution in [3.05, 3.63) is 164 Å². The molecule has 0 bridgehead atoms. The van der Waals surface area contributed by atoms with Crippen LogP contribution in [0.25, 0.3) is 98.8 Å². The molecule has 0 unspecified atom stereocenters. The highest BCUT2D eigenvalue weighted by Gasteiger charge is 2.19. The van der Waals surface area contributed by atoms with Gasteiger partial charge in [0.05, 0.1) is 22.1 Å². The van der Waals surface area contributed by atoms with Crippen molar-refractivity contribution in [2.24, 2.45) is 0 Å². The lowest BCUT2D eigenvalue weighted by molar-refractivity contribution is 0.669. The number of hydrogen-bond acceptors (Lipinski definition) is 2. The van der Waals surface area contributed by atoms with E-state index in [9.17, 15) is 0 Å². The molecule has 0 radical (unpaired) electrons. The zero-order chi connectivity index (χ0) is 32.1. The first-order valence-corrected chi connectivity index (χ1v) is 16.6. The fourth-order valence-corrected chi connectivity index (χ4v) is 8.02. The summed E-state index contributed by atoms with van der Waals surface area (Å²) in [6, 6.07) is 54.6. The summed E-state index contributed by atoms with van der Waals surface area (Å²) >= 11 is 0. The lowest BCUT2D eigenvalue weighted by Crippen LogP contribution is -1.95. The summed E-state index contributed by atoms with van der Waals surface area (Å²) in [5.74, 6) is 0. The average molecular weight is 626 g/mol. The molecular formula is C45H27N3O. The van der Waals surface area contributed by atoms with Crippen LogP contribution in [-0.2, 0) is 0 Å². The minimum atomic E-state index is 0.909. The Morgan fingerprint density at radius 1 is 0.408 bits per heavy atom. The van der Waals surface area contributed by atoms with Crippen LogP contribution < -0.4 is 0 Å². The lowest BCUT2D eigenvalue weighted by Gasteiger charge is -2.11. The number of para-hydroxylation sites is 2. The van der Waals surface area contributed by atoms with Gasteiger partial charge in [0, 0.05) is 56.1 Å². The molecule has 7 aromatic carbocycles. The van der Waals surface area contributed by atoms with Crippen molar-refractivity contribution in [3.63, 3.8) is 0 Å². The van der Waals surface area contributed by atoms with Crippen LogP contribution in [0.2, 0.25) is 0 Å². The fraction of sp³-hybridized carbons (Fsp3) is 0. The molecule has 0 fully saturated rings. The predicted molar refractivity (Wildman–Crippen MR) is 203 cm³/mol. The monoisotopic (exact) mass is 625 g/mol. The third-order valence-electron chi connectivity index (χ3n) is 10.2. The highest BCUT2D eigenvalue weighted by atomic mass is 16.3. The number of fused-ring (bicyclic) bond motifs is 10. The Morgan fingerprint density at radius 3 is 1.82 bits per heavy atom. The number of pyridine rings is 1. The van der Waals surface area contributed by atoms with Gasteiger partial charge in [0.15, 0.2) is 0 Å². The minimum Gasteiger partial charge on any atom is -0.456 e. The Labute approximate surface area is 280 Å². The van der Waals surface area contributed by atoms with Gasteiger partial charge in [-0.2, -0.15) is 0 Å². The van der Waals surface area contributed by atoms with Crippen molar-refractivity contribution < 1.29 is 4.42 Å². The summed E-state index contributed by atoms with van der Waals surface area (Å²) in [7, 11) is 0. The average Bonchev–Trinajstić information content (AvgIpc) is 3.80. The van der Waals surface area contributed by atoms with Gasteiger partial charge in [-0.15, -0.1) is 0 Å². The van der Waals surface area contributed by atoms with Gasteiger partial charge < -0.3 is 13.6 Å². The minimum absolute atomic E-state index is 0.909. The van der Waals surface area contributed by atoms with Gasteiger partial charge >= 0.3 is 0 Å². The molecule has 0 saturated carbocycles. The van der Waals surface area contributed by atoms with Crippen LogP contribution in [0.5, 0.6) is 0 Å². The standard InChI is InChI=1S/C45H27N3O/c1-2-9-30-25-40-36(24-29(30)8-1)38-27-41-37(34-10-3-5-13-39(34)47(41)32-20-22-46-23-21-32)26-42(38)48(40)31-18-16-28(17-19-31)33-12-7-15-44-45(33)35-11-4-6-14-43(35)49-44/h1-27H. The third-order valence-corrected chi connectivity index (χ3v) is 10.2. The van der Waals surface area contributed by atoms with Crippen LogP contribution in [-0.4, -0.2) is 14.1 Å². The van der Waals surface area contributed by atoms with Gasteiger partial charge in [-0.05, 0) is 88.6 Å². The van der Waals surface area contributed by atoms with E-state index in [0.717, 1.165) is 38.9 Å². The maximum atomic E-state index is 6.22. The number of aromatic nitrogens is 3. The largest absolute Gasteiger partial charge is 0.456 e. The van der Waals surface area contributed by atoms with E-state index >= 15 is 0 Å². The van der Waals surface area contributed by atoms with Crippen LogP contribution in [0.4, 0.5) is 0 Å². The SMILES string of the molecule is c1ccc2cc3c(cc2c1)c1cc2c(cc1n3-c1ccc(-c3cccc4oc5ccccc5c34)cc1)c1ccccc1n2-c1ccncc1. The number of nitrogens with zero attached hydrogens (tertiary/aromatic N) is 3. The molecule has 0 saturated heterocycles. The molecule has 0 atom stereocenters. The normalized spacial score (nSPS) is 12.1. The fourth-order valence-electron chi connectivity index (χ4n) is 8.02. The van der Waals surface area contributed by atoms with Crippen LogP contribution in [0.3, 0.4) is 0 Å². The van der Waals surface area contributed by atoms with E-state index in [2.05, 4.69) is 154 Å². The summed E-state index contributed by atoms with van der Waals surface area (Å²) in [6.45, 7) is 0. The van der Waals surface area contributed by atoms with Gasteiger partial charge in [-0.3, -0.25) is 4.98 Å². The molecule has 4 nitrogen and oxygen atoms in total. The molecule has 0 amide bonds. The predicted octanol–water partition coefficient (Wildman–Crippen LogP) is 12.0. The molecule has 0 spiro atoms. The number of benzene rings is 7. The van der Waals surface area contributed by atoms with Gasteiger partial charge in [0.1, 0.15) is 11.2 Å². The van der Waals surface area contributed by atoms with E-state index in [1.165, 1.54) is 59.9 Å². The molecule has 4 heterocycles. The smallest absolute Gasteiger partial charge is 0.136 e. The highest BCUT2D eigenvalue weighted by Crippen LogP contribution is 2.42. The first kappa shape index (κ1) is 26.4. The molecule has 49 heavy (non-hydrogen) atoms. The quantitative estimate of drug-likeness (QED) is 0.196. The summed E-state index contributed by atoms with van der Waals surface area (Å²) in [5.41, 5.74) is 11.1. The molecule has 11 rings (SSSR count). The van der Waals surface area contributed by atoms with Crippen LogP contribution in [0.1, 0.15) is 0 Å².